The lowest BCUT2D eigenvalue weighted by Gasteiger charge is -2.19. The summed E-state index contributed by atoms with van der Waals surface area (Å²) < 4.78 is 27.9. The molecule has 2 heterocycles. The number of anilines is 1. The van der Waals surface area contributed by atoms with Gasteiger partial charge in [-0.3, -0.25) is 9.69 Å². The monoisotopic (exact) mass is 352 g/mol. The number of rotatable bonds is 4. The van der Waals surface area contributed by atoms with Crippen LogP contribution in [-0.4, -0.2) is 45.1 Å². The average molecular weight is 352 g/mol. The summed E-state index contributed by atoms with van der Waals surface area (Å²) in [6.07, 6.45) is 0.000541. The van der Waals surface area contributed by atoms with Crippen LogP contribution in [-0.2, 0) is 19.4 Å². The van der Waals surface area contributed by atoms with Crippen LogP contribution < -0.4 is 10.2 Å². The first-order valence-corrected chi connectivity index (χ1v) is 9.73. The van der Waals surface area contributed by atoms with Gasteiger partial charge in [-0.25, -0.2) is 13.2 Å². The number of benzene rings is 1. The number of nitrogens with one attached hydrogen (secondary N) is 1. The van der Waals surface area contributed by atoms with Gasteiger partial charge in [0.05, 0.1) is 30.0 Å². The van der Waals surface area contributed by atoms with Gasteiger partial charge in [0, 0.05) is 5.69 Å². The minimum atomic E-state index is -3.08. The lowest BCUT2D eigenvalue weighted by Crippen LogP contribution is -2.33. The first-order chi connectivity index (χ1) is 11.4. The third kappa shape index (κ3) is 3.53. The van der Waals surface area contributed by atoms with Gasteiger partial charge in [0.1, 0.15) is 6.61 Å². The number of carbonyl (C=O) groups is 2. The zero-order valence-electron chi connectivity index (χ0n) is 13.4. The molecule has 8 heteroatoms. The van der Waals surface area contributed by atoms with Crippen molar-refractivity contribution < 1.29 is 22.7 Å². The van der Waals surface area contributed by atoms with Crippen molar-refractivity contribution in [3.05, 3.63) is 29.8 Å². The number of sulfone groups is 1. The normalized spacial score (nSPS) is 23.8. The standard InChI is InChI=1S/C16H20N2O5S/c1-11(17-15(19)13-5-8-24(21,22)10-13)12-3-2-4-14(9-12)18-6-7-23-16(18)20/h2-4,9,11,13H,5-8,10H2,1H3,(H,17,19)/t11-,13-/m0/s1. The molecule has 0 aromatic heterocycles. The van der Waals surface area contributed by atoms with Crippen LogP contribution in [0.25, 0.3) is 0 Å². The lowest BCUT2D eigenvalue weighted by molar-refractivity contribution is -0.124. The molecule has 2 amide bonds. The van der Waals surface area contributed by atoms with Crippen molar-refractivity contribution in [2.24, 2.45) is 5.92 Å². The highest BCUT2D eigenvalue weighted by Crippen LogP contribution is 2.24. The van der Waals surface area contributed by atoms with E-state index in [4.69, 9.17) is 4.74 Å². The highest BCUT2D eigenvalue weighted by molar-refractivity contribution is 7.91. The van der Waals surface area contributed by atoms with E-state index >= 15 is 0 Å². The maximum absolute atomic E-state index is 12.2. The Morgan fingerprint density at radius 1 is 1.42 bits per heavy atom. The second-order valence-electron chi connectivity index (χ2n) is 6.19. The van der Waals surface area contributed by atoms with E-state index in [1.54, 1.807) is 4.90 Å². The van der Waals surface area contributed by atoms with Crippen molar-refractivity contribution in [2.45, 2.75) is 19.4 Å². The molecule has 130 valence electrons. The van der Waals surface area contributed by atoms with E-state index in [1.807, 2.05) is 31.2 Å². The molecule has 0 radical (unpaired) electrons. The van der Waals surface area contributed by atoms with E-state index in [0.717, 1.165) is 11.3 Å². The van der Waals surface area contributed by atoms with E-state index < -0.39 is 15.8 Å². The molecule has 3 rings (SSSR count). The van der Waals surface area contributed by atoms with Gasteiger partial charge in [-0.1, -0.05) is 12.1 Å². The molecule has 2 aliphatic rings. The van der Waals surface area contributed by atoms with Crippen LogP contribution >= 0.6 is 0 Å². The third-order valence-electron chi connectivity index (χ3n) is 4.40. The van der Waals surface area contributed by atoms with Gasteiger partial charge in [0.15, 0.2) is 9.84 Å². The Bertz CT molecular complexity index is 761. The van der Waals surface area contributed by atoms with E-state index in [-0.39, 0.29) is 29.5 Å². The quantitative estimate of drug-likeness (QED) is 0.880. The molecule has 7 nitrogen and oxygen atoms in total. The average Bonchev–Trinajstić information content (AvgIpc) is 3.12. The first kappa shape index (κ1) is 16.8. The Kier molecular flexibility index (Phi) is 4.49. The molecule has 1 aromatic rings. The largest absolute Gasteiger partial charge is 0.447 e. The third-order valence-corrected chi connectivity index (χ3v) is 6.17. The van der Waals surface area contributed by atoms with Gasteiger partial charge in [0.2, 0.25) is 5.91 Å². The Morgan fingerprint density at radius 2 is 2.21 bits per heavy atom. The fraction of sp³-hybridized carbons (Fsp3) is 0.500. The first-order valence-electron chi connectivity index (χ1n) is 7.91. The number of nitrogens with zero attached hydrogens (tertiary/aromatic N) is 1. The summed E-state index contributed by atoms with van der Waals surface area (Å²) >= 11 is 0. The molecule has 0 spiro atoms. The van der Waals surface area contributed by atoms with E-state index in [2.05, 4.69) is 5.32 Å². The SMILES string of the molecule is C[C@H](NC(=O)[C@H]1CCS(=O)(=O)C1)c1cccc(N2CCOC2=O)c1. The van der Waals surface area contributed by atoms with Crippen molar-refractivity contribution in [2.75, 3.05) is 29.6 Å². The predicted octanol–water partition coefficient (Wildman–Crippen LogP) is 1.26. The molecule has 2 aliphatic heterocycles. The molecule has 2 atom stereocenters. The van der Waals surface area contributed by atoms with Crippen LogP contribution in [0.2, 0.25) is 0 Å². The van der Waals surface area contributed by atoms with Crippen LogP contribution in [0.3, 0.4) is 0 Å². The van der Waals surface area contributed by atoms with Crippen LogP contribution in [0.1, 0.15) is 24.9 Å². The van der Waals surface area contributed by atoms with Gasteiger partial charge >= 0.3 is 6.09 Å². The van der Waals surface area contributed by atoms with Crippen molar-refractivity contribution in [3.8, 4) is 0 Å². The van der Waals surface area contributed by atoms with Gasteiger partial charge < -0.3 is 10.1 Å². The van der Waals surface area contributed by atoms with Crippen LogP contribution in [0.4, 0.5) is 10.5 Å². The topological polar surface area (TPSA) is 92.8 Å². The molecule has 24 heavy (non-hydrogen) atoms. The van der Waals surface area contributed by atoms with Crippen LogP contribution in [0.5, 0.6) is 0 Å². The predicted molar refractivity (Wildman–Crippen MR) is 88.5 cm³/mol. The second kappa shape index (κ2) is 6.43. The molecule has 2 saturated heterocycles. The van der Waals surface area contributed by atoms with Gasteiger partial charge in [0.25, 0.3) is 0 Å². The van der Waals surface area contributed by atoms with Crippen LogP contribution in [0.15, 0.2) is 24.3 Å². The van der Waals surface area contributed by atoms with Gasteiger partial charge in [-0.05, 0) is 31.0 Å². The van der Waals surface area contributed by atoms with E-state index in [0.29, 0.717) is 19.6 Å². The molecule has 0 saturated carbocycles. The Balaban J connectivity index is 1.68. The number of hydrogen-bond acceptors (Lipinski definition) is 5. The number of amides is 2. The number of carbonyl (C=O) groups excluding carboxylic acids is 2. The van der Waals surface area contributed by atoms with Gasteiger partial charge in [-0.15, -0.1) is 0 Å². The lowest BCUT2D eigenvalue weighted by atomic mass is 10.0. The van der Waals surface area contributed by atoms with Crippen molar-refractivity contribution in [3.63, 3.8) is 0 Å². The fourth-order valence-corrected chi connectivity index (χ4v) is 4.75. The number of ether oxygens (including phenoxy) is 1. The zero-order valence-corrected chi connectivity index (χ0v) is 14.2. The smallest absolute Gasteiger partial charge is 0.414 e. The summed E-state index contributed by atoms with van der Waals surface area (Å²) in [6.45, 7) is 2.71. The fourth-order valence-electron chi connectivity index (χ4n) is 3.01. The number of cyclic esters (lactones) is 1. The van der Waals surface area contributed by atoms with E-state index in [1.165, 1.54) is 0 Å². The Morgan fingerprint density at radius 3 is 2.83 bits per heavy atom. The molecular formula is C16H20N2O5S. The maximum Gasteiger partial charge on any atom is 0.414 e. The molecule has 0 bridgehead atoms. The maximum atomic E-state index is 12.2. The van der Waals surface area contributed by atoms with Crippen molar-refractivity contribution >= 4 is 27.5 Å². The highest BCUT2D eigenvalue weighted by Gasteiger charge is 2.33. The molecule has 2 fully saturated rings. The summed E-state index contributed by atoms with van der Waals surface area (Å²) in [7, 11) is -3.08. The number of hydrogen-bond donors (Lipinski definition) is 1. The molecule has 0 unspecified atom stereocenters. The summed E-state index contributed by atoms with van der Waals surface area (Å²) in [4.78, 5) is 25.4. The zero-order chi connectivity index (χ0) is 17.3. The molecular weight excluding hydrogens is 332 g/mol. The summed E-state index contributed by atoms with van der Waals surface area (Å²) in [6, 6.07) is 7.05. The molecule has 0 aliphatic carbocycles. The van der Waals surface area contributed by atoms with Crippen LogP contribution in [0, 0.1) is 5.92 Å². The van der Waals surface area contributed by atoms with E-state index in [9.17, 15) is 18.0 Å². The second-order valence-corrected chi connectivity index (χ2v) is 8.42. The van der Waals surface area contributed by atoms with Crippen molar-refractivity contribution in [1.82, 2.24) is 5.32 Å². The highest BCUT2D eigenvalue weighted by atomic mass is 32.2. The minimum absolute atomic E-state index is 0.0754. The minimum Gasteiger partial charge on any atom is -0.447 e. The van der Waals surface area contributed by atoms with Crippen molar-refractivity contribution in [1.29, 1.82) is 0 Å². The summed E-state index contributed by atoms with van der Waals surface area (Å²) in [5.74, 6) is -0.721. The Hall–Kier alpha value is -2.09. The Labute approximate surface area is 140 Å². The molecule has 1 N–H and O–H groups in total. The molecule has 1 aromatic carbocycles. The summed E-state index contributed by atoms with van der Waals surface area (Å²) in [5.41, 5.74) is 1.57. The van der Waals surface area contributed by atoms with Gasteiger partial charge in [-0.2, -0.15) is 0 Å². The summed E-state index contributed by atoms with van der Waals surface area (Å²) in [5, 5.41) is 2.87.